The molecule has 0 aromatic carbocycles. The third kappa shape index (κ3) is 13.3. The lowest BCUT2D eigenvalue weighted by Crippen LogP contribution is -2.58. The van der Waals surface area contributed by atoms with Gasteiger partial charge in [0, 0.05) is 0 Å². The maximum atomic E-state index is 2.50. The number of hydrogen-bond donors (Lipinski definition) is 0. The van der Waals surface area contributed by atoms with Gasteiger partial charge in [-0.3, -0.25) is 0 Å². The fourth-order valence-electron chi connectivity index (χ4n) is 3.86. The van der Waals surface area contributed by atoms with Gasteiger partial charge in [-0.25, -0.2) is 0 Å². The summed E-state index contributed by atoms with van der Waals surface area (Å²) in [5.74, 6) is 0. The maximum absolute atomic E-state index is 2.50. The van der Waals surface area contributed by atoms with E-state index in [1.54, 1.807) is 0 Å². The molecule has 0 aromatic rings. The van der Waals surface area contributed by atoms with Gasteiger partial charge in [-0.15, -0.1) is 0 Å². The van der Waals surface area contributed by atoms with Crippen molar-refractivity contribution in [1.82, 2.24) is 9.13 Å². The van der Waals surface area contributed by atoms with Crippen LogP contribution in [0.5, 0.6) is 0 Å². The van der Waals surface area contributed by atoms with Crippen LogP contribution in [0.1, 0.15) is 110 Å². The fraction of sp³-hybridized carbons (Fsp3) is 1.00. The first-order chi connectivity index (χ1) is 12.4. The Kier molecular flexibility index (Phi) is 17.3. The summed E-state index contributed by atoms with van der Waals surface area (Å²) in [6.07, 6.45) is 23.3. The van der Waals surface area contributed by atoms with Gasteiger partial charge in [0.25, 0.3) is 0 Å². The molecule has 26 heavy (non-hydrogen) atoms. The van der Waals surface area contributed by atoms with Gasteiger partial charge in [0.05, 0.1) is 0 Å². The van der Waals surface area contributed by atoms with Crippen LogP contribution in [0.2, 0.25) is 12.6 Å². The summed E-state index contributed by atoms with van der Waals surface area (Å²) in [6.45, 7) is 4.80. The number of hydrogen-bond acceptors (Lipinski definition) is 2. The zero-order valence-electron chi connectivity index (χ0n) is 19.4. The Morgan fingerprint density at radius 2 is 0.731 bits per heavy atom. The molecule has 0 unspecified atom stereocenters. The van der Waals surface area contributed by atoms with Crippen LogP contribution in [0.4, 0.5) is 0 Å². The van der Waals surface area contributed by atoms with Crippen molar-refractivity contribution in [2.45, 2.75) is 122 Å². The van der Waals surface area contributed by atoms with E-state index in [1.165, 1.54) is 109 Å². The summed E-state index contributed by atoms with van der Waals surface area (Å²) in [5, 5.41) is 0. The second-order valence-electron chi connectivity index (χ2n) is 9.06. The van der Waals surface area contributed by atoms with E-state index in [0.29, 0.717) is 0 Å². The highest BCUT2D eigenvalue weighted by atomic mass is 28.3. The second kappa shape index (κ2) is 17.2. The summed E-state index contributed by atoms with van der Waals surface area (Å²) in [4.78, 5) is 0. The minimum absolute atomic E-state index is 1.34. The molecule has 0 aromatic heterocycles. The van der Waals surface area contributed by atoms with Crippen LogP contribution in [-0.2, 0) is 0 Å². The van der Waals surface area contributed by atoms with Crippen molar-refractivity contribution < 1.29 is 0 Å². The van der Waals surface area contributed by atoms with Crippen molar-refractivity contribution in [2.24, 2.45) is 0 Å². The van der Waals surface area contributed by atoms with Gasteiger partial charge in [0.15, 0.2) is 0 Å². The van der Waals surface area contributed by atoms with Gasteiger partial charge < -0.3 is 9.13 Å². The first-order valence-corrected chi connectivity index (χ1v) is 14.4. The molecule has 0 rings (SSSR count). The largest absolute Gasteiger partial charge is 0.317 e. The Labute approximate surface area is 168 Å². The average Bonchev–Trinajstić information content (AvgIpc) is 2.60. The van der Waals surface area contributed by atoms with Crippen LogP contribution in [0.25, 0.3) is 0 Å². The SMILES string of the molecule is CCCCCCCCCCCCCCCCCC[Si](C)(N(C)C)N(C)C. The fourth-order valence-corrected chi connectivity index (χ4v) is 6.47. The average molecular weight is 385 g/mol. The van der Waals surface area contributed by atoms with Gasteiger partial charge in [-0.2, -0.15) is 0 Å². The Balaban J connectivity index is 3.32. The molecule has 0 aliphatic heterocycles. The number of nitrogens with zero attached hydrogens (tertiary/aromatic N) is 2. The van der Waals surface area contributed by atoms with Gasteiger partial charge in [-0.1, -0.05) is 110 Å². The Morgan fingerprint density at radius 1 is 0.462 bits per heavy atom. The topological polar surface area (TPSA) is 6.48 Å². The predicted octanol–water partition coefficient (Wildman–Crippen LogP) is 7.44. The molecule has 0 saturated carbocycles. The smallest absolute Gasteiger partial charge is 0.202 e. The molecule has 0 radical (unpaired) electrons. The van der Waals surface area contributed by atoms with Crippen molar-refractivity contribution in [2.75, 3.05) is 28.2 Å². The Bertz CT molecular complexity index is 284. The highest BCUT2D eigenvalue weighted by Gasteiger charge is 2.32. The predicted molar refractivity (Wildman–Crippen MR) is 123 cm³/mol. The maximum Gasteiger partial charge on any atom is 0.202 e. The lowest BCUT2D eigenvalue weighted by molar-refractivity contribution is 0.475. The molecule has 0 spiro atoms. The molecule has 0 aliphatic rings. The minimum Gasteiger partial charge on any atom is -0.317 e. The summed E-state index contributed by atoms with van der Waals surface area (Å²) in [5.41, 5.74) is 0. The van der Waals surface area contributed by atoms with Crippen LogP contribution < -0.4 is 0 Å². The van der Waals surface area contributed by atoms with Crippen molar-refractivity contribution in [3.63, 3.8) is 0 Å². The summed E-state index contributed by atoms with van der Waals surface area (Å²) >= 11 is 0. The normalized spacial score (nSPS) is 12.5. The van der Waals surface area contributed by atoms with Gasteiger partial charge in [0.2, 0.25) is 8.40 Å². The van der Waals surface area contributed by atoms with Crippen LogP contribution in [0.3, 0.4) is 0 Å². The van der Waals surface area contributed by atoms with Gasteiger partial charge >= 0.3 is 0 Å². The van der Waals surface area contributed by atoms with Crippen LogP contribution in [-0.4, -0.2) is 45.7 Å². The zero-order valence-corrected chi connectivity index (χ0v) is 20.4. The molecular formula is C23H52N2Si. The van der Waals surface area contributed by atoms with E-state index >= 15 is 0 Å². The van der Waals surface area contributed by atoms with Crippen molar-refractivity contribution >= 4 is 8.40 Å². The lowest BCUT2D eigenvalue weighted by Gasteiger charge is -2.39. The van der Waals surface area contributed by atoms with Crippen molar-refractivity contribution in [1.29, 1.82) is 0 Å². The van der Waals surface area contributed by atoms with Crippen LogP contribution in [0.15, 0.2) is 0 Å². The van der Waals surface area contributed by atoms with Crippen LogP contribution in [0, 0.1) is 0 Å². The molecule has 0 fully saturated rings. The molecule has 0 heterocycles. The first-order valence-electron chi connectivity index (χ1n) is 11.8. The molecule has 0 amide bonds. The number of rotatable bonds is 19. The standard InChI is InChI=1S/C23H52N2Si/c1-7-8-9-10-11-12-13-14-15-16-17-18-19-20-21-22-23-26(6,24(2)3)25(4)5/h7-23H2,1-6H3. The van der Waals surface area contributed by atoms with Crippen molar-refractivity contribution in [3.05, 3.63) is 0 Å². The highest BCUT2D eigenvalue weighted by molar-refractivity contribution is 6.72. The molecular weight excluding hydrogens is 332 g/mol. The van der Waals surface area contributed by atoms with E-state index in [-0.39, 0.29) is 0 Å². The lowest BCUT2D eigenvalue weighted by atomic mass is 10.0. The van der Waals surface area contributed by atoms with Crippen molar-refractivity contribution in [3.8, 4) is 0 Å². The molecule has 0 aliphatic carbocycles. The Morgan fingerprint density at radius 3 is 1.00 bits per heavy atom. The molecule has 0 N–H and O–H groups in total. The van der Waals surface area contributed by atoms with Gasteiger partial charge in [-0.05, 0) is 40.8 Å². The third-order valence-electron chi connectivity index (χ3n) is 6.43. The van der Waals surface area contributed by atoms with E-state index in [1.807, 2.05) is 0 Å². The molecule has 3 heteroatoms. The summed E-state index contributed by atoms with van der Waals surface area (Å²) in [6, 6.07) is 1.41. The Hall–Kier alpha value is 0.137. The van der Waals surface area contributed by atoms with Gasteiger partial charge in [0.1, 0.15) is 0 Å². The molecule has 0 saturated heterocycles. The monoisotopic (exact) mass is 384 g/mol. The second-order valence-corrected chi connectivity index (χ2v) is 13.8. The molecule has 2 nitrogen and oxygen atoms in total. The molecule has 0 atom stereocenters. The molecule has 158 valence electrons. The zero-order chi connectivity index (χ0) is 19.7. The summed E-state index contributed by atoms with van der Waals surface area (Å²) in [7, 11) is 7.71. The first kappa shape index (κ1) is 26.1. The number of unbranched alkanes of at least 4 members (excludes halogenated alkanes) is 15. The van der Waals surface area contributed by atoms with E-state index in [9.17, 15) is 0 Å². The quantitative estimate of drug-likeness (QED) is 0.168. The van der Waals surface area contributed by atoms with E-state index in [2.05, 4.69) is 50.8 Å². The van der Waals surface area contributed by atoms with E-state index < -0.39 is 8.40 Å². The highest BCUT2D eigenvalue weighted by Crippen LogP contribution is 2.20. The minimum atomic E-state index is -1.34. The van der Waals surface area contributed by atoms with E-state index in [0.717, 1.165) is 0 Å². The van der Waals surface area contributed by atoms with Crippen LogP contribution >= 0.6 is 0 Å². The molecule has 0 bridgehead atoms. The third-order valence-corrected chi connectivity index (χ3v) is 11.6. The van der Waals surface area contributed by atoms with E-state index in [4.69, 9.17) is 0 Å². The summed E-state index contributed by atoms with van der Waals surface area (Å²) < 4.78 is 5.00.